The fraction of sp³-hybridized carbons (Fsp3) is 0.250. The molecular formula is C16H18N2O. The van der Waals surface area contributed by atoms with Crippen molar-refractivity contribution in [2.24, 2.45) is 0 Å². The number of nitrogens with one attached hydrogen (secondary N) is 1. The van der Waals surface area contributed by atoms with E-state index in [1.807, 2.05) is 43.3 Å². The lowest BCUT2D eigenvalue weighted by Crippen LogP contribution is -2.01. The summed E-state index contributed by atoms with van der Waals surface area (Å²) in [6.07, 6.45) is 5.07. The molecule has 0 aliphatic heterocycles. The van der Waals surface area contributed by atoms with Crippen LogP contribution in [0.2, 0.25) is 0 Å². The second-order valence-electron chi connectivity index (χ2n) is 4.46. The molecule has 1 aromatic carbocycles. The first-order valence-electron chi connectivity index (χ1n) is 6.55. The number of Topliss-reactive ketones (excluding diaryl/α,β-unsaturated/α-hetero) is 1. The van der Waals surface area contributed by atoms with Crippen LogP contribution >= 0.6 is 0 Å². The van der Waals surface area contributed by atoms with E-state index in [0.29, 0.717) is 6.42 Å². The maximum absolute atomic E-state index is 11.7. The quantitative estimate of drug-likeness (QED) is 0.800. The van der Waals surface area contributed by atoms with E-state index in [0.717, 1.165) is 24.2 Å². The number of ketones is 1. The summed E-state index contributed by atoms with van der Waals surface area (Å²) in [6.45, 7) is 2.77. The minimum absolute atomic E-state index is 0.211. The second-order valence-corrected chi connectivity index (χ2v) is 4.46. The Kier molecular flexibility index (Phi) is 4.67. The molecule has 0 amide bonds. The maximum atomic E-state index is 11.7. The number of anilines is 1. The van der Waals surface area contributed by atoms with Gasteiger partial charge in [0.05, 0.1) is 0 Å². The highest BCUT2D eigenvalue weighted by molar-refractivity contribution is 5.96. The fourth-order valence-corrected chi connectivity index (χ4v) is 1.85. The van der Waals surface area contributed by atoms with E-state index >= 15 is 0 Å². The van der Waals surface area contributed by atoms with Crippen molar-refractivity contribution in [1.29, 1.82) is 0 Å². The lowest BCUT2D eigenvalue weighted by molar-refractivity contribution is 0.0982. The van der Waals surface area contributed by atoms with Crippen LogP contribution in [0.15, 0.2) is 48.8 Å². The summed E-state index contributed by atoms with van der Waals surface area (Å²) < 4.78 is 0. The molecule has 19 heavy (non-hydrogen) atoms. The molecule has 1 N–H and O–H groups in total. The van der Waals surface area contributed by atoms with Crippen molar-refractivity contribution < 1.29 is 4.79 Å². The predicted molar refractivity (Wildman–Crippen MR) is 77.2 cm³/mol. The minimum atomic E-state index is 0.211. The van der Waals surface area contributed by atoms with Crippen LogP contribution in [0, 0.1) is 0 Å². The van der Waals surface area contributed by atoms with Gasteiger partial charge in [-0.1, -0.05) is 6.92 Å². The third-order valence-electron chi connectivity index (χ3n) is 2.93. The monoisotopic (exact) mass is 254 g/mol. The number of hydrogen-bond donors (Lipinski definition) is 1. The highest BCUT2D eigenvalue weighted by atomic mass is 16.1. The van der Waals surface area contributed by atoms with Gasteiger partial charge < -0.3 is 5.32 Å². The van der Waals surface area contributed by atoms with E-state index in [2.05, 4.69) is 10.3 Å². The summed E-state index contributed by atoms with van der Waals surface area (Å²) in [4.78, 5) is 15.7. The SMILES string of the molecule is CCCC(=O)c1ccc(NCc2ccncc2)cc1. The number of pyridine rings is 1. The molecule has 0 aliphatic rings. The molecule has 3 nitrogen and oxygen atoms in total. The van der Waals surface area contributed by atoms with Crippen molar-refractivity contribution >= 4 is 11.5 Å². The van der Waals surface area contributed by atoms with Crippen molar-refractivity contribution in [2.75, 3.05) is 5.32 Å². The first-order chi connectivity index (χ1) is 9.29. The van der Waals surface area contributed by atoms with Crippen LogP contribution in [0.4, 0.5) is 5.69 Å². The number of carbonyl (C=O) groups is 1. The van der Waals surface area contributed by atoms with E-state index in [9.17, 15) is 4.79 Å². The average Bonchev–Trinajstić information content (AvgIpc) is 2.47. The van der Waals surface area contributed by atoms with E-state index in [-0.39, 0.29) is 5.78 Å². The summed E-state index contributed by atoms with van der Waals surface area (Å²) in [7, 11) is 0. The van der Waals surface area contributed by atoms with Gasteiger partial charge in [-0.3, -0.25) is 9.78 Å². The zero-order valence-electron chi connectivity index (χ0n) is 11.1. The van der Waals surface area contributed by atoms with Gasteiger partial charge in [0.1, 0.15) is 0 Å². The first kappa shape index (κ1) is 13.3. The smallest absolute Gasteiger partial charge is 0.162 e. The Morgan fingerprint density at radius 1 is 1.11 bits per heavy atom. The summed E-state index contributed by atoms with van der Waals surface area (Å²) in [6, 6.07) is 11.6. The normalized spacial score (nSPS) is 10.2. The number of benzene rings is 1. The summed E-state index contributed by atoms with van der Waals surface area (Å²) in [5.74, 6) is 0.211. The molecule has 98 valence electrons. The highest BCUT2D eigenvalue weighted by Gasteiger charge is 2.03. The Morgan fingerprint density at radius 3 is 2.42 bits per heavy atom. The van der Waals surface area contributed by atoms with Crippen LogP contribution in [0.5, 0.6) is 0 Å². The number of aromatic nitrogens is 1. The lowest BCUT2D eigenvalue weighted by Gasteiger charge is -2.07. The van der Waals surface area contributed by atoms with Crippen LogP contribution in [-0.2, 0) is 6.54 Å². The maximum Gasteiger partial charge on any atom is 0.162 e. The Hall–Kier alpha value is -2.16. The van der Waals surface area contributed by atoms with Gasteiger partial charge >= 0.3 is 0 Å². The van der Waals surface area contributed by atoms with Crippen molar-refractivity contribution in [1.82, 2.24) is 4.98 Å². The van der Waals surface area contributed by atoms with Crippen molar-refractivity contribution in [3.8, 4) is 0 Å². The molecule has 0 unspecified atom stereocenters. The van der Waals surface area contributed by atoms with Crippen LogP contribution in [0.25, 0.3) is 0 Å². The van der Waals surface area contributed by atoms with E-state index in [1.165, 1.54) is 5.56 Å². The van der Waals surface area contributed by atoms with Crippen LogP contribution in [0.1, 0.15) is 35.7 Å². The van der Waals surface area contributed by atoms with Gasteiger partial charge in [0, 0.05) is 36.6 Å². The van der Waals surface area contributed by atoms with Gasteiger partial charge in [0.15, 0.2) is 5.78 Å². The Labute approximate surface area is 113 Å². The summed E-state index contributed by atoms with van der Waals surface area (Å²) >= 11 is 0. The molecule has 0 bridgehead atoms. The van der Waals surface area contributed by atoms with Crippen molar-refractivity contribution in [3.05, 3.63) is 59.9 Å². The average molecular weight is 254 g/mol. The Bertz CT molecular complexity index is 520. The third kappa shape index (κ3) is 3.91. The summed E-state index contributed by atoms with van der Waals surface area (Å²) in [5, 5.41) is 3.32. The third-order valence-corrected chi connectivity index (χ3v) is 2.93. The Balaban J connectivity index is 1.94. The molecule has 0 saturated heterocycles. The lowest BCUT2D eigenvalue weighted by atomic mass is 10.1. The minimum Gasteiger partial charge on any atom is -0.381 e. The molecule has 2 aromatic rings. The molecule has 0 aliphatic carbocycles. The number of rotatable bonds is 6. The van der Waals surface area contributed by atoms with E-state index in [1.54, 1.807) is 12.4 Å². The molecule has 3 heteroatoms. The van der Waals surface area contributed by atoms with E-state index < -0.39 is 0 Å². The highest BCUT2D eigenvalue weighted by Crippen LogP contribution is 2.13. The van der Waals surface area contributed by atoms with Crippen LogP contribution in [0.3, 0.4) is 0 Å². The molecule has 0 fully saturated rings. The molecule has 0 saturated carbocycles. The van der Waals surface area contributed by atoms with Gasteiger partial charge in [-0.15, -0.1) is 0 Å². The van der Waals surface area contributed by atoms with Crippen LogP contribution < -0.4 is 5.32 Å². The molecule has 0 atom stereocenters. The van der Waals surface area contributed by atoms with Crippen LogP contribution in [-0.4, -0.2) is 10.8 Å². The number of carbonyl (C=O) groups excluding carboxylic acids is 1. The molecular weight excluding hydrogens is 236 g/mol. The second kappa shape index (κ2) is 6.69. The van der Waals surface area contributed by atoms with E-state index in [4.69, 9.17) is 0 Å². The topological polar surface area (TPSA) is 42.0 Å². The predicted octanol–water partition coefficient (Wildman–Crippen LogP) is 3.68. The molecule has 1 heterocycles. The van der Waals surface area contributed by atoms with Gasteiger partial charge in [-0.2, -0.15) is 0 Å². The first-order valence-corrected chi connectivity index (χ1v) is 6.55. The van der Waals surface area contributed by atoms with Crippen molar-refractivity contribution in [3.63, 3.8) is 0 Å². The Morgan fingerprint density at radius 2 is 1.79 bits per heavy atom. The van der Waals surface area contributed by atoms with Crippen molar-refractivity contribution in [2.45, 2.75) is 26.3 Å². The molecule has 1 aromatic heterocycles. The molecule has 0 radical (unpaired) electrons. The van der Waals surface area contributed by atoms with Gasteiger partial charge in [-0.25, -0.2) is 0 Å². The number of nitrogens with zero attached hydrogens (tertiary/aromatic N) is 1. The fourth-order valence-electron chi connectivity index (χ4n) is 1.85. The molecule has 2 rings (SSSR count). The number of hydrogen-bond acceptors (Lipinski definition) is 3. The standard InChI is InChI=1S/C16H18N2O/c1-2-3-16(19)14-4-6-15(7-5-14)18-12-13-8-10-17-11-9-13/h4-11,18H,2-3,12H2,1H3. The van der Waals surface area contributed by atoms with Gasteiger partial charge in [-0.05, 0) is 48.4 Å². The van der Waals surface area contributed by atoms with Gasteiger partial charge in [0.2, 0.25) is 0 Å². The largest absolute Gasteiger partial charge is 0.381 e. The zero-order chi connectivity index (χ0) is 13.5. The summed E-state index contributed by atoms with van der Waals surface area (Å²) in [5.41, 5.74) is 2.99. The zero-order valence-corrected chi connectivity index (χ0v) is 11.1. The van der Waals surface area contributed by atoms with Gasteiger partial charge in [0.25, 0.3) is 0 Å². The molecule has 0 spiro atoms.